The molecule has 0 aliphatic rings. The van der Waals surface area contributed by atoms with Crippen LogP contribution in [0.15, 0.2) is 0 Å². The summed E-state index contributed by atoms with van der Waals surface area (Å²) >= 11 is 0. The highest BCUT2D eigenvalue weighted by atomic mass is 31.2. The van der Waals surface area contributed by atoms with Crippen LogP contribution in [0.4, 0.5) is 0 Å². The summed E-state index contributed by atoms with van der Waals surface area (Å²) in [5, 5.41) is 18.1. The molecule has 0 aromatic heterocycles. The van der Waals surface area contributed by atoms with Gasteiger partial charge in [-0.3, -0.25) is 13.6 Å². The second-order valence-corrected chi connectivity index (χ2v) is 6.03. The highest BCUT2D eigenvalue weighted by molar-refractivity contribution is 7.48. The van der Waals surface area contributed by atoms with Crippen LogP contribution in [0.1, 0.15) is 59.3 Å². The number of phosphoric ester groups is 1. The van der Waals surface area contributed by atoms with E-state index in [0.717, 1.165) is 19.3 Å². The molecule has 0 spiro atoms. The lowest BCUT2D eigenvalue weighted by atomic mass is 10.1. The molecule has 0 amide bonds. The van der Waals surface area contributed by atoms with E-state index in [1.807, 2.05) is 0 Å². The fourth-order valence-corrected chi connectivity index (χ4v) is 2.79. The molecule has 0 fully saturated rings. The first kappa shape index (κ1) is 22.3. The minimum absolute atomic E-state index is 0. The Morgan fingerprint density at radius 1 is 0.950 bits per heavy atom. The molecule has 0 saturated heterocycles. The number of phosphoric acid groups is 1. The van der Waals surface area contributed by atoms with Crippen molar-refractivity contribution in [2.45, 2.75) is 71.9 Å². The number of hydrogen-bond donors (Lipinski definition) is 3. The van der Waals surface area contributed by atoms with Crippen molar-refractivity contribution in [3.05, 3.63) is 0 Å². The first-order chi connectivity index (χ1) is 8.89. The van der Waals surface area contributed by atoms with Crippen LogP contribution in [0.3, 0.4) is 0 Å². The molecule has 2 atom stereocenters. The Bertz CT molecular complexity index is 248. The fraction of sp³-hybridized carbons (Fsp3) is 1.00. The van der Waals surface area contributed by atoms with Gasteiger partial charge >= 0.3 is 7.82 Å². The molecule has 8 heteroatoms. The summed E-state index contributed by atoms with van der Waals surface area (Å²) < 4.78 is 26.4. The van der Waals surface area contributed by atoms with Gasteiger partial charge in [0.15, 0.2) is 12.6 Å². The molecule has 0 radical (unpaired) electrons. The second kappa shape index (κ2) is 12.7. The number of hydrogen-bond acceptors (Lipinski definition) is 7. The van der Waals surface area contributed by atoms with Gasteiger partial charge < -0.3 is 16.4 Å². The Balaban J connectivity index is 0. The van der Waals surface area contributed by atoms with E-state index in [0.29, 0.717) is 0 Å². The lowest BCUT2D eigenvalue weighted by molar-refractivity contribution is -0.0754. The summed E-state index contributed by atoms with van der Waals surface area (Å²) in [7, 11) is -3.89. The number of aliphatic hydroxyl groups is 2. The summed E-state index contributed by atoms with van der Waals surface area (Å²) in [4.78, 5) is 0. The molecule has 0 aliphatic carbocycles. The predicted molar refractivity (Wildman–Crippen MR) is 77.5 cm³/mol. The standard InChI is InChI=1S/C12H27O6P.H3N/c1-4-5-6-7-8-9-10-16-19(15,17-11(2)13)18-12(3)14;/h11-14H,4-10H2,1-3H3;1H3. The molecular weight excluding hydrogens is 285 g/mol. The molecule has 0 aromatic carbocycles. The quantitative estimate of drug-likeness (QED) is 0.287. The molecule has 0 rings (SSSR count). The van der Waals surface area contributed by atoms with E-state index in [9.17, 15) is 4.57 Å². The average molecular weight is 315 g/mol. The largest absolute Gasteiger partial charge is 0.479 e. The Morgan fingerprint density at radius 3 is 1.85 bits per heavy atom. The van der Waals surface area contributed by atoms with Gasteiger partial charge in [0, 0.05) is 0 Å². The van der Waals surface area contributed by atoms with Gasteiger partial charge in [-0.25, -0.2) is 4.57 Å². The van der Waals surface area contributed by atoms with Gasteiger partial charge in [-0.05, 0) is 20.3 Å². The average Bonchev–Trinajstić information content (AvgIpc) is 2.25. The Morgan fingerprint density at radius 2 is 1.40 bits per heavy atom. The van der Waals surface area contributed by atoms with Crippen LogP contribution < -0.4 is 6.15 Å². The summed E-state index contributed by atoms with van der Waals surface area (Å²) in [5.74, 6) is 0. The lowest BCUT2D eigenvalue weighted by Gasteiger charge is -2.20. The van der Waals surface area contributed by atoms with E-state index >= 15 is 0 Å². The first-order valence-electron chi connectivity index (χ1n) is 6.87. The highest BCUT2D eigenvalue weighted by Gasteiger charge is 2.30. The number of rotatable bonds is 12. The van der Waals surface area contributed by atoms with Crippen LogP contribution in [0.2, 0.25) is 0 Å². The van der Waals surface area contributed by atoms with Crippen LogP contribution in [-0.2, 0) is 18.1 Å². The molecule has 2 unspecified atom stereocenters. The van der Waals surface area contributed by atoms with Crippen molar-refractivity contribution in [3.63, 3.8) is 0 Å². The molecule has 124 valence electrons. The zero-order valence-electron chi connectivity index (χ0n) is 12.8. The van der Waals surface area contributed by atoms with Crippen molar-refractivity contribution < 1.29 is 28.3 Å². The molecule has 0 bridgehead atoms. The monoisotopic (exact) mass is 315 g/mol. The van der Waals surface area contributed by atoms with Crippen LogP contribution in [0.5, 0.6) is 0 Å². The second-order valence-electron chi connectivity index (χ2n) is 4.46. The molecule has 0 aromatic rings. The van der Waals surface area contributed by atoms with Crippen LogP contribution >= 0.6 is 7.82 Å². The third-order valence-corrected chi connectivity index (χ3v) is 3.94. The van der Waals surface area contributed by atoms with Crippen molar-refractivity contribution in [3.8, 4) is 0 Å². The molecule has 7 nitrogen and oxygen atoms in total. The van der Waals surface area contributed by atoms with E-state index in [1.54, 1.807) is 0 Å². The molecule has 0 heterocycles. The van der Waals surface area contributed by atoms with E-state index in [-0.39, 0.29) is 12.8 Å². The van der Waals surface area contributed by atoms with E-state index in [1.165, 1.54) is 33.1 Å². The maximum absolute atomic E-state index is 12.0. The zero-order valence-corrected chi connectivity index (χ0v) is 13.7. The maximum Gasteiger partial charge on any atom is 0.479 e. The summed E-state index contributed by atoms with van der Waals surface area (Å²) in [5.41, 5.74) is 0. The number of aliphatic hydroxyl groups excluding tert-OH is 2. The first-order valence-corrected chi connectivity index (χ1v) is 8.33. The summed E-state index contributed by atoms with van der Waals surface area (Å²) in [6, 6.07) is 0. The summed E-state index contributed by atoms with van der Waals surface area (Å²) in [6.07, 6.45) is 3.84. The zero-order chi connectivity index (χ0) is 14.7. The topological polar surface area (TPSA) is 120 Å². The van der Waals surface area contributed by atoms with Crippen molar-refractivity contribution in [1.82, 2.24) is 6.15 Å². The smallest absolute Gasteiger partial charge is 0.368 e. The van der Waals surface area contributed by atoms with E-state index in [2.05, 4.69) is 6.92 Å². The summed E-state index contributed by atoms with van der Waals surface area (Å²) in [6.45, 7) is 4.96. The SMILES string of the molecule is CCCCCCCCOP(=O)(OC(C)O)OC(C)O.N. The van der Waals surface area contributed by atoms with Gasteiger partial charge in [0.05, 0.1) is 6.61 Å². The third-order valence-electron chi connectivity index (χ3n) is 2.31. The minimum Gasteiger partial charge on any atom is -0.368 e. The molecule has 20 heavy (non-hydrogen) atoms. The van der Waals surface area contributed by atoms with Crippen molar-refractivity contribution in [2.75, 3.05) is 6.61 Å². The Kier molecular flexibility index (Phi) is 14.2. The van der Waals surface area contributed by atoms with Crippen molar-refractivity contribution >= 4 is 7.82 Å². The van der Waals surface area contributed by atoms with Gasteiger partial charge in [0.1, 0.15) is 0 Å². The van der Waals surface area contributed by atoms with Gasteiger partial charge in [0.25, 0.3) is 0 Å². The Hall–Kier alpha value is -0.0100. The fourth-order valence-electron chi connectivity index (χ4n) is 1.52. The lowest BCUT2D eigenvalue weighted by Crippen LogP contribution is -2.13. The van der Waals surface area contributed by atoms with Gasteiger partial charge in [-0.15, -0.1) is 0 Å². The van der Waals surface area contributed by atoms with Gasteiger partial charge in [-0.1, -0.05) is 39.0 Å². The van der Waals surface area contributed by atoms with Crippen LogP contribution in [0.25, 0.3) is 0 Å². The van der Waals surface area contributed by atoms with Crippen LogP contribution in [0, 0.1) is 0 Å². The third kappa shape index (κ3) is 13.0. The molecular formula is C12H30NO6P. The van der Waals surface area contributed by atoms with E-state index in [4.69, 9.17) is 23.8 Å². The molecule has 0 aliphatic heterocycles. The highest BCUT2D eigenvalue weighted by Crippen LogP contribution is 2.51. The maximum atomic E-state index is 12.0. The minimum atomic E-state index is -3.89. The van der Waals surface area contributed by atoms with Gasteiger partial charge in [-0.2, -0.15) is 0 Å². The predicted octanol–water partition coefficient (Wildman–Crippen LogP) is 3.34. The van der Waals surface area contributed by atoms with Gasteiger partial charge in [0.2, 0.25) is 0 Å². The Labute approximate surface area is 121 Å². The molecule has 0 saturated carbocycles. The van der Waals surface area contributed by atoms with Crippen molar-refractivity contribution in [1.29, 1.82) is 0 Å². The van der Waals surface area contributed by atoms with E-state index < -0.39 is 20.4 Å². The molecule has 5 N–H and O–H groups in total. The normalized spacial score (nSPS) is 17.1. The van der Waals surface area contributed by atoms with Crippen LogP contribution in [-0.4, -0.2) is 29.4 Å². The number of unbranched alkanes of at least 4 members (excludes halogenated alkanes) is 5. The van der Waals surface area contributed by atoms with Crippen molar-refractivity contribution in [2.24, 2.45) is 0 Å².